The maximum atomic E-state index is 4.91. The molecule has 39 heavy (non-hydrogen) atoms. The van der Waals surface area contributed by atoms with Crippen LogP contribution < -0.4 is 4.90 Å². The second kappa shape index (κ2) is 9.58. The summed E-state index contributed by atoms with van der Waals surface area (Å²) in [5.74, 6) is 1.54. The zero-order valence-electron chi connectivity index (χ0n) is 22.7. The number of allylic oxidation sites excluding steroid dienone is 4. The van der Waals surface area contributed by atoms with Gasteiger partial charge in [-0.05, 0) is 96.2 Å². The van der Waals surface area contributed by atoms with Crippen LogP contribution in [0.1, 0.15) is 43.7 Å². The van der Waals surface area contributed by atoms with Gasteiger partial charge in [-0.15, -0.1) is 0 Å². The summed E-state index contributed by atoms with van der Waals surface area (Å²) in [7, 11) is 0. The summed E-state index contributed by atoms with van der Waals surface area (Å²) in [6.45, 7) is 7.04. The van der Waals surface area contributed by atoms with E-state index in [4.69, 9.17) is 6.58 Å². The van der Waals surface area contributed by atoms with E-state index in [-0.39, 0.29) is 5.41 Å². The van der Waals surface area contributed by atoms with E-state index >= 15 is 0 Å². The lowest BCUT2D eigenvalue weighted by molar-refractivity contribution is 0.327. The molecule has 0 unspecified atom stereocenters. The SMILES string of the molecule is C=C1/C(=C(\C=C/C)N(c2ccccc2)c2ccc(-c3ccccc3)cc2)c2ccccc2[C@]12C[C@H]1CC[C@@H]2C1. The van der Waals surface area contributed by atoms with E-state index in [0.29, 0.717) is 5.92 Å². The topological polar surface area (TPSA) is 3.24 Å². The van der Waals surface area contributed by atoms with Crippen molar-refractivity contribution < 1.29 is 0 Å². The zero-order valence-corrected chi connectivity index (χ0v) is 22.7. The molecule has 7 rings (SSSR count). The third-order valence-electron chi connectivity index (χ3n) is 9.43. The number of benzene rings is 4. The Morgan fingerprint density at radius 3 is 2.08 bits per heavy atom. The van der Waals surface area contributed by atoms with Crippen LogP contribution in [0.5, 0.6) is 0 Å². The van der Waals surface area contributed by atoms with Gasteiger partial charge in [0.15, 0.2) is 0 Å². The Hall–Kier alpha value is -4.10. The van der Waals surface area contributed by atoms with Crippen LogP contribution in [0, 0.1) is 11.8 Å². The van der Waals surface area contributed by atoms with Crippen LogP contribution in [0.15, 0.2) is 139 Å². The van der Waals surface area contributed by atoms with Crippen LogP contribution in [-0.2, 0) is 5.41 Å². The van der Waals surface area contributed by atoms with Crippen LogP contribution >= 0.6 is 0 Å². The Balaban J connectivity index is 1.43. The second-order valence-electron chi connectivity index (χ2n) is 11.4. The fraction of sp³-hybridized carbons (Fsp3) is 0.211. The first kappa shape index (κ1) is 24.0. The molecular formula is C38H35N. The lowest BCUT2D eigenvalue weighted by Gasteiger charge is -2.37. The molecule has 0 amide bonds. The summed E-state index contributed by atoms with van der Waals surface area (Å²) in [4.78, 5) is 2.43. The van der Waals surface area contributed by atoms with E-state index < -0.39 is 0 Å². The maximum absolute atomic E-state index is 4.91. The van der Waals surface area contributed by atoms with Crippen molar-refractivity contribution >= 4 is 16.9 Å². The molecule has 4 aromatic rings. The van der Waals surface area contributed by atoms with Gasteiger partial charge in [0.2, 0.25) is 0 Å². The van der Waals surface area contributed by atoms with Gasteiger partial charge in [0.25, 0.3) is 0 Å². The standard InChI is InChI=1S/C38H35N/c1-3-12-36(37-27(2)38(26-28-19-22-31(38)25-28)35-18-11-10-17-34(35)37)39(32-15-8-5-9-16-32)33-23-20-30(21-24-33)29-13-6-4-7-14-29/h3-18,20-21,23-24,28,31H,2,19,22,25-26H2,1H3/b12-3-,37-36-/t28-,31+,38+/m0/s1. The molecule has 2 saturated carbocycles. The summed E-state index contributed by atoms with van der Waals surface area (Å²) >= 11 is 0. The normalized spacial score (nSPS) is 24.5. The van der Waals surface area contributed by atoms with Crippen molar-refractivity contribution in [3.63, 3.8) is 0 Å². The first-order valence-corrected chi connectivity index (χ1v) is 14.4. The summed E-state index contributed by atoms with van der Waals surface area (Å²) in [5, 5.41) is 0. The van der Waals surface area contributed by atoms with Gasteiger partial charge >= 0.3 is 0 Å². The molecule has 2 fully saturated rings. The number of hydrogen-bond acceptors (Lipinski definition) is 1. The van der Waals surface area contributed by atoms with Gasteiger partial charge in [-0.1, -0.05) is 104 Å². The summed E-state index contributed by atoms with van der Waals surface area (Å²) in [6, 6.07) is 39.6. The molecule has 0 heterocycles. The minimum Gasteiger partial charge on any atom is -0.310 e. The smallest absolute Gasteiger partial charge is 0.0539 e. The van der Waals surface area contributed by atoms with Gasteiger partial charge in [-0.3, -0.25) is 0 Å². The molecule has 1 spiro atoms. The molecule has 3 aliphatic carbocycles. The highest BCUT2D eigenvalue weighted by molar-refractivity contribution is 5.95. The van der Waals surface area contributed by atoms with Crippen LogP contribution in [0.25, 0.3) is 16.7 Å². The number of hydrogen-bond donors (Lipinski definition) is 0. The lowest BCUT2D eigenvalue weighted by atomic mass is 9.67. The fourth-order valence-corrected chi connectivity index (χ4v) is 7.83. The monoisotopic (exact) mass is 505 g/mol. The van der Waals surface area contributed by atoms with Gasteiger partial charge in [0.1, 0.15) is 0 Å². The molecule has 192 valence electrons. The largest absolute Gasteiger partial charge is 0.310 e. The molecular weight excluding hydrogens is 470 g/mol. The maximum Gasteiger partial charge on any atom is 0.0539 e. The first-order valence-electron chi connectivity index (χ1n) is 14.4. The van der Waals surface area contributed by atoms with Crippen molar-refractivity contribution in [2.45, 2.75) is 38.0 Å². The highest BCUT2D eigenvalue weighted by Crippen LogP contribution is 2.66. The molecule has 0 aliphatic heterocycles. The number of anilines is 2. The fourth-order valence-electron chi connectivity index (χ4n) is 7.83. The molecule has 0 aromatic heterocycles. The van der Waals surface area contributed by atoms with E-state index in [9.17, 15) is 0 Å². The first-order chi connectivity index (χ1) is 19.2. The number of para-hydroxylation sites is 1. The third-order valence-corrected chi connectivity index (χ3v) is 9.43. The van der Waals surface area contributed by atoms with E-state index in [1.807, 2.05) is 0 Å². The van der Waals surface area contributed by atoms with E-state index in [1.54, 1.807) is 0 Å². The van der Waals surface area contributed by atoms with Gasteiger partial charge < -0.3 is 4.90 Å². The van der Waals surface area contributed by atoms with Crippen molar-refractivity contribution in [1.82, 2.24) is 0 Å². The van der Waals surface area contributed by atoms with Crippen LogP contribution in [0.4, 0.5) is 11.4 Å². The van der Waals surface area contributed by atoms with Gasteiger partial charge in [0, 0.05) is 22.4 Å². The Kier molecular flexibility index (Phi) is 5.89. The lowest BCUT2D eigenvalue weighted by Crippen LogP contribution is -2.31. The minimum absolute atomic E-state index is 0.0845. The Morgan fingerprint density at radius 2 is 1.41 bits per heavy atom. The second-order valence-corrected chi connectivity index (χ2v) is 11.4. The van der Waals surface area contributed by atoms with E-state index in [2.05, 4.69) is 133 Å². The summed E-state index contributed by atoms with van der Waals surface area (Å²) in [5.41, 5.74) is 11.6. The van der Waals surface area contributed by atoms with Crippen molar-refractivity contribution in [2.75, 3.05) is 4.90 Å². The third kappa shape index (κ3) is 3.75. The van der Waals surface area contributed by atoms with Crippen molar-refractivity contribution in [1.29, 1.82) is 0 Å². The minimum atomic E-state index is 0.0845. The van der Waals surface area contributed by atoms with E-state index in [0.717, 1.165) is 17.3 Å². The molecule has 3 aliphatic rings. The van der Waals surface area contributed by atoms with Crippen LogP contribution in [0.3, 0.4) is 0 Å². The Labute approximate surface area is 232 Å². The quantitative estimate of drug-likeness (QED) is 0.261. The number of nitrogens with zero attached hydrogens (tertiary/aromatic N) is 1. The molecule has 4 aromatic carbocycles. The molecule has 1 nitrogen and oxygen atoms in total. The van der Waals surface area contributed by atoms with Gasteiger partial charge in [0.05, 0.1) is 5.70 Å². The van der Waals surface area contributed by atoms with E-state index in [1.165, 1.54) is 64.8 Å². The Morgan fingerprint density at radius 1 is 0.769 bits per heavy atom. The van der Waals surface area contributed by atoms with Crippen molar-refractivity contribution in [3.05, 3.63) is 150 Å². The molecule has 0 radical (unpaired) electrons. The van der Waals surface area contributed by atoms with Crippen LogP contribution in [-0.4, -0.2) is 0 Å². The molecule has 1 heteroatoms. The summed E-state index contributed by atoms with van der Waals surface area (Å²) < 4.78 is 0. The van der Waals surface area contributed by atoms with Gasteiger partial charge in [-0.25, -0.2) is 0 Å². The Bertz CT molecular complexity index is 1580. The molecule has 0 N–H and O–H groups in total. The average Bonchev–Trinajstić information content (AvgIpc) is 3.67. The predicted molar refractivity (Wildman–Crippen MR) is 165 cm³/mol. The van der Waals surface area contributed by atoms with Crippen molar-refractivity contribution in [2.24, 2.45) is 11.8 Å². The van der Waals surface area contributed by atoms with Crippen LogP contribution in [0.2, 0.25) is 0 Å². The predicted octanol–water partition coefficient (Wildman–Crippen LogP) is 10.1. The average molecular weight is 506 g/mol. The van der Waals surface area contributed by atoms with Crippen molar-refractivity contribution in [3.8, 4) is 11.1 Å². The van der Waals surface area contributed by atoms with Gasteiger partial charge in [-0.2, -0.15) is 0 Å². The molecule has 3 atom stereocenters. The highest BCUT2D eigenvalue weighted by Gasteiger charge is 2.57. The number of rotatable bonds is 5. The highest BCUT2D eigenvalue weighted by atomic mass is 15.1. The molecule has 0 saturated heterocycles. The zero-order chi connectivity index (χ0) is 26.4. The number of fused-ring (bicyclic) bond motifs is 5. The molecule has 2 bridgehead atoms. The summed E-state index contributed by atoms with van der Waals surface area (Å²) in [6.07, 6.45) is 9.78.